The summed E-state index contributed by atoms with van der Waals surface area (Å²) in [5.74, 6) is -0.698. The van der Waals surface area contributed by atoms with Crippen LogP contribution in [0.3, 0.4) is 0 Å². The van der Waals surface area contributed by atoms with E-state index >= 15 is 0 Å². The van der Waals surface area contributed by atoms with Gasteiger partial charge < -0.3 is 20.7 Å². The molecule has 194 valence electrons. The molecule has 1 unspecified atom stereocenters. The van der Waals surface area contributed by atoms with Gasteiger partial charge in [-0.3, -0.25) is 9.59 Å². The van der Waals surface area contributed by atoms with Crippen molar-refractivity contribution in [1.82, 2.24) is 16.0 Å². The molecule has 0 saturated heterocycles. The molecular weight excluding hydrogens is 466 g/mol. The van der Waals surface area contributed by atoms with Gasteiger partial charge in [-0.05, 0) is 49.9 Å². The first-order valence-corrected chi connectivity index (χ1v) is 12.5. The minimum atomic E-state index is -0.880. The second kappa shape index (κ2) is 13.3. The number of ether oxygens (including phenoxy) is 1. The Hall–Kier alpha value is -4.13. The van der Waals surface area contributed by atoms with E-state index in [9.17, 15) is 14.4 Å². The first kappa shape index (κ1) is 27.5. The van der Waals surface area contributed by atoms with Crippen LogP contribution in [0.2, 0.25) is 0 Å². The SMILES string of the molecule is CCC(C[C@H](NC(=O)c1ccccc1)C(=O)NC(C)(C)c1ccccc1)NC(=O)OCc1ccccc1. The summed E-state index contributed by atoms with van der Waals surface area (Å²) in [5, 5.41) is 8.76. The van der Waals surface area contributed by atoms with Gasteiger partial charge >= 0.3 is 6.09 Å². The van der Waals surface area contributed by atoms with Crippen LogP contribution in [0, 0.1) is 0 Å². The van der Waals surface area contributed by atoms with Crippen molar-refractivity contribution in [3.8, 4) is 0 Å². The number of alkyl carbamates (subject to hydrolysis) is 1. The molecule has 0 saturated carbocycles. The summed E-state index contributed by atoms with van der Waals surface area (Å²) in [7, 11) is 0. The fraction of sp³-hybridized carbons (Fsp3) is 0.300. The standard InChI is InChI=1S/C30H35N3O4/c1-4-25(31-29(36)37-21-22-14-8-5-9-15-22)20-26(32-27(34)23-16-10-6-11-17-23)28(35)33-30(2,3)24-18-12-7-13-19-24/h5-19,25-26H,4,20-21H2,1-3H3,(H,31,36)(H,32,34)(H,33,35)/t25?,26-/m0/s1. The van der Waals surface area contributed by atoms with Gasteiger partial charge in [-0.25, -0.2) is 4.79 Å². The summed E-state index contributed by atoms with van der Waals surface area (Å²) < 4.78 is 5.35. The van der Waals surface area contributed by atoms with E-state index < -0.39 is 23.7 Å². The molecule has 2 atom stereocenters. The van der Waals surface area contributed by atoms with E-state index in [1.165, 1.54) is 0 Å². The minimum absolute atomic E-state index is 0.142. The molecule has 0 fully saturated rings. The van der Waals surface area contributed by atoms with E-state index in [1.807, 2.05) is 87.5 Å². The highest BCUT2D eigenvalue weighted by Gasteiger charge is 2.30. The molecule has 0 bridgehead atoms. The van der Waals surface area contributed by atoms with Crippen molar-refractivity contribution >= 4 is 17.9 Å². The number of hydrogen-bond donors (Lipinski definition) is 3. The first-order chi connectivity index (χ1) is 17.8. The summed E-state index contributed by atoms with van der Waals surface area (Å²) in [4.78, 5) is 38.9. The van der Waals surface area contributed by atoms with Crippen molar-refractivity contribution in [2.75, 3.05) is 0 Å². The largest absolute Gasteiger partial charge is 0.445 e. The van der Waals surface area contributed by atoms with Crippen LogP contribution in [-0.2, 0) is 21.7 Å². The quantitative estimate of drug-likeness (QED) is 0.347. The van der Waals surface area contributed by atoms with Crippen LogP contribution < -0.4 is 16.0 Å². The lowest BCUT2D eigenvalue weighted by atomic mass is 9.93. The fourth-order valence-corrected chi connectivity index (χ4v) is 3.93. The monoisotopic (exact) mass is 501 g/mol. The third kappa shape index (κ3) is 8.49. The topological polar surface area (TPSA) is 96.5 Å². The molecule has 0 heterocycles. The fourth-order valence-electron chi connectivity index (χ4n) is 3.93. The first-order valence-electron chi connectivity index (χ1n) is 12.5. The lowest BCUT2D eigenvalue weighted by Gasteiger charge is -2.31. The Morgan fingerprint density at radius 2 is 1.38 bits per heavy atom. The molecule has 7 nitrogen and oxygen atoms in total. The highest BCUT2D eigenvalue weighted by atomic mass is 16.5. The van der Waals surface area contributed by atoms with Gasteiger partial charge in [0, 0.05) is 11.6 Å². The smallest absolute Gasteiger partial charge is 0.407 e. The van der Waals surface area contributed by atoms with Gasteiger partial charge in [0.2, 0.25) is 5.91 Å². The third-order valence-electron chi connectivity index (χ3n) is 6.14. The van der Waals surface area contributed by atoms with Crippen LogP contribution in [-0.4, -0.2) is 30.0 Å². The van der Waals surface area contributed by atoms with Crippen LogP contribution in [0.5, 0.6) is 0 Å². The number of hydrogen-bond acceptors (Lipinski definition) is 4. The molecule has 3 rings (SSSR count). The highest BCUT2D eigenvalue weighted by Crippen LogP contribution is 2.20. The molecule has 0 spiro atoms. The van der Waals surface area contributed by atoms with Crippen molar-refractivity contribution in [2.24, 2.45) is 0 Å². The predicted octanol–water partition coefficient (Wildman–Crippen LogP) is 4.93. The number of carbonyl (C=O) groups excluding carboxylic acids is 3. The van der Waals surface area contributed by atoms with Crippen molar-refractivity contribution in [3.05, 3.63) is 108 Å². The Morgan fingerprint density at radius 3 is 1.97 bits per heavy atom. The van der Waals surface area contributed by atoms with E-state index in [-0.39, 0.29) is 24.8 Å². The summed E-state index contributed by atoms with van der Waals surface area (Å²) >= 11 is 0. The maximum absolute atomic E-state index is 13.5. The normalized spacial score (nSPS) is 12.6. The molecule has 0 radical (unpaired) electrons. The third-order valence-corrected chi connectivity index (χ3v) is 6.14. The molecular formula is C30H35N3O4. The summed E-state index contributed by atoms with van der Waals surface area (Å²) in [6, 6.07) is 26.5. The Labute approximate surface area is 218 Å². The number of benzene rings is 3. The molecule has 3 aromatic carbocycles. The molecule has 0 aromatic heterocycles. The number of amides is 3. The second-order valence-corrected chi connectivity index (χ2v) is 9.42. The molecule has 37 heavy (non-hydrogen) atoms. The Bertz CT molecular complexity index is 1150. The van der Waals surface area contributed by atoms with Crippen molar-refractivity contribution in [3.63, 3.8) is 0 Å². The van der Waals surface area contributed by atoms with Crippen molar-refractivity contribution in [2.45, 2.75) is 57.8 Å². The molecule has 7 heteroatoms. The van der Waals surface area contributed by atoms with Gasteiger partial charge in [-0.2, -0.15) is 0 Å². The zero-order chi connectivity index (χ0) is 26.7. The van der Waals surface area contributed by atoms with Crippen LogP contribution in [0.1, 0.15) is 55.1 Å². The van der Waals surface area contributed by atoms with Crippen LogP contribution in [0.4, 0.5) is 4.79 Å². The summed E-state index contributed by atoms with van der Waals surface area (Å²) in [6.07, 6.45) is 0.175. The van der Waals surface area contributed by atoms with E-state index in [0.717, 1.165) is 11.1 Å². The number of rotatable bonds is 11. The van der Waals surface area contributed by atoms with Gasteiger partial charge in [0.25, 0.3) is 5.91 Å². The zero-order valence-electron chi connectivity index (χ0n) is 21.6. The van der Waals surface area contributed by atoms with E-state index in [0.29, 0.717) is 12.0 Å². The van der Waals surface area contributed by atoms with Gasteiger partial charge in [-0.15, -0.1) is 0 Å². The van der Waals surface area contributed by atoms with Crippen LogP contribution in [0.25, 0.3) is 0 Å². The molecule has 0 aliphatic heterocycles. The average Bonchev–Trinajstić information content (AvgIpc) is 2.92. The highest BCUT2D eigenvalue weighted by molar-refractivity contribution is 5.97. The summed E-state index contributed by atoms with van der Waals surface area (Å²) in [5.41, 5.74) is 1.59. The van der Waals surface area contributed by atoms with Gasteiger partial charge in [0.1, 0.15) is 12.6 Å². The maximum Gasteiger partial charge on any atom is 0.407 e. The molecule has 0 aliphatic carbocycles. The molecule has 0 aliphatic rings. The molecule has 3 N–H and O–H groups in total. The Kier molecular flexibility index (Phi) is 9.84. The van der Waals surface area contributed by atoms with Crippen molar-refractivity contribution < 1.29 is 19.1 Å². The Balaban J connectivity index is 1.70. The average molecular weight is 502 g/mol. The van der Waals surface area contributed by atoms with E-state index in [2.05, 4.69) is 16.0 Å². The predicted molar refractivity (Wildman–Crippen MR) is 144 cm³/mol. The number of nitrogens with one attached hydrogen (secondary N) is 3. The zero-order valence-corrected chi connectivity index (χ0v) is 21.6. The lowest BCUT2D eigenvalue weighted by Crippen LogP contribution is -2.54. The number of carbonyl (C=O) groups is 3. The lowest BCUT2D eigenvalue weighted by molar-refractivity contribution is -0.125. The van der Waals surface area contributed by atoms with Crippen molar-refractivity contribution in [1.29, 1.82) is 0 Å². The molecule has 3 aromatic rings. The van der Waals surface area contributed by atoms with Gasteiger partial charge in [0.15, 0.2) is 0 Å². The van der Waals surface area contributed by atoms with Crippen LogP contribution in [0.15, 0.2) is 91.0 Å². The van der Waals surface area contributed by atoms with E-state index in [1.54, 1.807) is 24.3 Å². The Morgan fingerprint density at radius 1 is 0.811 bits per heavy atom. The minimum Gasteiger partial charge on any atom is -0.445 e. The van der Waals surface area contributed by atoms with Gasteiger partial charge in [-0.1, -0.05) is 85.8 Å². The second-order valence-electron chi connectivity index (χ2n) is 9.42. The van der Waals surface area contributed by atoms with Crippen LogP contribution >= 0.6 is 0 Å². The van der Waals surface area contributed by atoms with E-state index in [4.69, 9.17) is 4.74 Å². The van der Waals surface area contributed by atoms with Gasteiger partial charge in [0.05, 0.1) is 5.54 Å². The maximum atomic E-state index is 13.5. The summed E-state index contributed by atoms with van der Waals surface area (Å²) in [6.45, 7) is 5.87. The molecule has 3 amide bonds.